The SMILES string of the molecule is CCOc1ccc2ccccc2c1/C=N\NC(=O)c1cc2cc(C)cc(C)c2nc1C. The molecule has 0 spiro atoms. The lowest BCUT2D eigenvalue weighted by Gasteiger charge is -2.11. The lowest BCUT2D eigenvalue weighted by molar-refractivity contribution is 0.0954. The second kappa shape index (κ2) is 8.56. The number of hydrazone groups is 1. The molecule has 31 heavy (non-hydrogen) atoms. The second-order valence-corrected chi connectivity index (χ2v) is 7.61. The van der Waals surface area contributed by atoms with Crippen LogP contribution in [0.4, 0.5) is 0 Å². The Morgan fingerprint density at radius 2 is 1.87 bits per heavy atom. The third kappa shape index (κ3) is 4.12. The molecule has 0 atom stereocenters. The number of ether oxygens (including phenoxy) is 1. The summed E-state index contributed by atoms with van der Waals surface area (Å²) >= 11 is 0. The van der Waals surface area contributed by atoms with Gasteiger partial charge in [0, 0.05) is 10.9 Å². The average molecular weight is 412 g/mol. The Morgan fingerprint density at radius 1 is 1.06 bits per heavy atom. The van der Waals surface area contributed by atoms with E-state index in [0.29, 0.717) is 17.9 Å². The van der Waals surface area contributed by atoms with Crippen molar-refractivity contribution in [1.82, 2.24) is 10.4 Å². The smallest absolute Gasteiger partial charge is 0.273 e. The van der Waals surface area contributed by atoms with Gasteiger partial charge in [-0.05, 0) is 62.2 Å². The van der Waals surface area contributed by atoms with Crippen molar-refractivity contribution in [2.75, 3.05) is 6.61 Å². The fourth-order valence-corrected chi connectivity index (χ4v) is 3.88. The number of hydrogen-bond acceptors (Lipinski definition) is 4. The summed E-state index contributed by atoms with van der Waals surface area (Å²) in [5, 5.41) is 7.28. The van der Waals surface area contributed by atoms with Crippen molar-refractivity contribution < 1.29 is 9.53 Å². The number of hydrogen-bond donors (Lipinski definition) is 1. The second-order valence-electron chi connectivity index (χ2n) is 7.61. The number of benzene rings is 3. The van der Waals surface area contributed by atoms with E-state index in [0.717, 1.165) is 44.1 Å². The molecule has 4 aromatic rings. The van der Waals surface area contributed by atoms with Gasteiger partial charge in [-0.15, -0.1) is 0 Å². The predicted molar refractivity (Wildman–Crippen MR) is 126 cm³/mol. The molecule has 0 aliphatic heterocycles. The van der Waals surface area contributed by atoms with Gasteiger partial charge in [0.25, 0.3) is 5.91 Å². The minimum absolute atomic E-state index is 0.291. The summed E-state index contributed by atoms with van der Waals surface area (Å²) in [6, 6.07) is 18.0. The molecule has 5 heteroatoms. The molecule has 0 bridgehead atoms. The molecule has 1 heterocycles. The van der Waals surface area contributed by atoms with Gasteiger partial charge in [-0.3, -0.25) is 9.78 Å². The van der Waals surface area contributed by atoms with Crippen LogP contribution in [0, 0.1) is 20.8 Å². The Bertz CT molecular complexity index is 1330. The number of carbonyl (C=O) groups is 1. The van der Waals surface area contributed by atoms with Gasteiger partial charge in [0.15, 0.2) is 0 Å². The van der Waals surface area contributed by atoms with E-state index in [1.165, 1.54) is 0 Å². The molecule has 1 amide bonds. The number of aromatic nitrogens is 1. The van der Waals surface area contributed by atoms with Crippen LogP contribution in [0.5, 0.6) is 5.75 Å². The highest BCUT2D eigenvalue weighted by molar-refractivity contribution is 6.04. The summed E-state index contributed by atoms with van der Waals surface area (Å²) in [6.07, 6.45) is 1.64. The molecule has 156 valence electrons. The quantitative estimate of drug-likeness (QED) is 0.350. The topological polar surface area (TPSA) is 63.6 Å². The van der Waals surface area contributed by atoms with Gasteiger partial charge in [-0.1, -0.05) is 42.0 Å². The first-order valence-electron chi connectivity index (χ1n) is 10.3. The number of amides is 1. The van der Waals surface area contributed by atoms with E-state index >= 15 is 0 Å². The van der Waals surface area contributed by atoms with Crippen molar-refractivity contribution in [3.63, 3.8) is 0 Å². The predicted octanol–water partition coefficient (Wildman–Crippen LogP) is 5.48. The minimum atomic E-state index is -0.291. The summed E-state index contributed by atoms with van der Waals surface area (Å²) in [4.78, 5) is 17.5. The first kappa shape index (κ1) is 20.5. The van der Waals surface area contributed by atoms with Crippen LogP contribution in [-0.4, -0.2) is 23.7 Å². The lowest BCUT2D eigenvalue weighted by Crippen LogP contribution is -2.19. The van der Waals surface area contributed by atoms with Gasteiger partial charge in [-0.2, -0.15) is 5.10 Å². The molecular weight excluding hydrogens is 386 g/mol. The van der Waals surface area contributed by atoms with Crippen LogP contribution in [0.2, 0.25) is 0 Å². The van der Waals surface area contributed by atoms with Crippen LogP contribution in [0.25, 0.3) is 21.7 Å². The molecule has 0 unspecified atom stereocenters. The number of rotatable bonds is 5. The monoisotopic (exact) mass is 411 g/mol. The van der Waals surface area contributed by atoms with Crippen LogP contribution < -0.4 is 10.2 Å². The van der Waals surface area contributed by atoms with Gasteiger partial charge in [-0.25, -0.2) is 5.43 Å². The zero-order valence-corrected chi connectivity index (χ0v) is 18.2. The maximum Gasteiger partial charge on any atom is 0.273 e. The molecule has 0 aliphatic carbocycles. The molecule has 0 saturated carbocycles. The maximum absolute atomic E-state index is 12.8. The van der Waals surface area contributed by atoms with Gasteiger partial charge in [0.05, 0.1) is 29.6 Å². The highest BCUT2D eigenvalue weighted by Gasteiger charge is 2.13. The van der Waals surface area contributed by atoms with Crippen molar-refractivity contribution in [3.8, 4) is 5.75 Å². The Morgan fingerprint density at radius 3 is 2.68 bits per heavy atom. The highest BCUT2D eigenvalue weighted by Crippen LogP contribution is 2.27. The Balaban J connectivity index is 1.65. The van der Waals surface area contributed by atoms with Crippen LogP contribution in [0.15, 0.2) is 59.7 Å². The fourth-order valence-electron chi connectivity index (χ4n) is 3.88. The van der Waals surface area contributed by atoms with Gasteiger partial charge in [0.2, 0.25) is 0 Å². The molecule has 0 radical (unpaired) electrons. The molecule has 5 nitrogen and oxygen atoms in total. The molecule has 0 aliphatic rings. The third-order valence-electron chi connectivity index (χ3n) is 5.28. The molecule has 3 aromatic carbocycles. The standard InChI is InChI=1S/C26H25N3O2/c1-5-31-24-11-10-19-8-6-7-9-21(19)23(24)15-27-29-26(30)22-14-20-13-16(2)12-17(3)25(20)28-18(22)4/h6-15H,5H2,1-4H3,(H,29,30)/b27-15-. The van der Waals surface area contributed by atoms with Crippen LogP contribution in [-0.2, 0) is 0 Å². The van der Waals surface area contributed by atoms with E-state index in [1.54, 1.807) is 6.21 Å². The van der Waals surface area contributed by atoms with Crippen molar-refractivity contribution in [2.45, 2.75) is 27.7 Å². The van der Waals surface area contributed by atoms with Crippen LogP contribution in [0.3, 0.4) is 0 Å². The van der Waals surface area contributed by atoms with E-state index in [1.807, 2.05) is 76.2 Å². The number of pyridine rings is 1. The summed E-state index contributed by atoms with van der Waals surface area (Å²) in [5.74, 6) is 0.439. The molecule has 1 N–H and O–H groups in total. The van der Waals surface area contributed by atoms with Gasteiger partial charge in [0.1, 0.15) is 5.75 Å². The average Bonchev–Trinajstić information content (AvgIpc) is 2.75. The Kier molecular flexibility index (Phi) is 5.67. The summed E-state index contributed by atoms with van der Waals surface area (Å²) in [5.41, 5.74) is 7.82. The number of nitrogens with zero attached hydrogens (tertiary/aromatic N) is 2. The number of fused-ring (bicyclic) bond motifs is 2. The molecule has 4 rings (SSSR count). The minimum Gasteiger partial charge on any atom is -0.493 e. The van der Waals surface area contributed by atoms with E-state index in [4.69, 9.17) is 4.74 Å². The molecular formula is C26H25N3O2. The highest BCUT2D eigenvalue weighted by atomic mass is 16.5. The molecule has 1 aromatic heterocycles. The Hall–Kier alpha value is -3.73. The van der Waals surface area contributed by atoms with Crippen molar-refractivity contribution in [3.05, 3.63) is 82.5 Å². The third-order valence-corrected chi connectivity index (χ3v) is 5.28. The lowest BCUT2D eigenvalue weighted by atomic mass is 10.0. The number of nitrogens with one attached hydrogen (secondary N) is 1. The molecule has 0 saturated heterocycles. The van der Waals surface area contributed by atoms with E-state index < -0.39 is 0 Å². The van der Waals surface area contributed by atoms with Crippen molar-refractivity contribution in [2.24, 2.45) is 5.10 Å². The summed E-state index contributed by atoms with van der Waals surface area (Å²) < 4.78 is 5.76. The van der Waals surface area contributed by atoms with Gasteiger partial charge < -0.3 is 4.74 Å². The normalized spacial score (nSPS) is 11.4. The van der Waals surface area contributed by atoms with Crippen molar-refractivity contribution in [1.29, 1.82) is 0 Å². The zero-order chi connectivity index (χ0) is 22.0. The van der Waals surface area contributed by atoms with Gasteiger partial charge >= 0.3 is 0 Å². The van der Waals surface area contributed by atoms with Crippen LogP contribution >= 0.6 is 0 Å². The van der Waals surface area contributed by atoms with E-state index in [2.05, 4.69) is 21.6 Å². The first-order valence-corrected chi connectivity index (χ1v) is 10.3. The number of carbonyl (C=O) groups excluding carboxylic acids is 1. The summed E-state index contributed by atoms with van der Waals surface area (Å²) in [7, 11) is 0. The Labute approximate surface area is 181 Å². The zero-order valence-electron chi connectivity index (χ0n) is 18.2. The fraction of sp³-hybridized carbons (Fsp3) is 0.192. The summed E-state index contributed by atoms with van der Waals surface area (Å²) in [6.45, 7) is 8.40. The van der Waals surface area contributed by atoms with E-state index in [-0.39, 0.29) is 5.91 Å². The van der Waals surface area contributed by atoms with Crippen molar-refractivity contribution >= 4 is 33.8 Å². The maximum atomic E-state index is 12.8. The van der Waals surface area contributed by atoms with Crippen LogP contribution in [0.1, 0.15) is 39.7 Å². The largest absolute Gasteiger partial charge is 0.493 e. The first-order chi connectivity index (χ1) is 15.0. The number of aryl methyl sites for hydroxylation is 3. The molecule has 0 fully saturated rings. The van der Waals surface area contributed by atoms with E-state index in [9.17, 15) is 4.79 Å².